The zero-order valence-electron chi connectivity index (χ0n) is 14.0. The lowest BCUT2D eigenvalue weighted by Crippen LogP contribution is -2.58. The Morgan fingerprint density at radius 3 is 2.52 bits per heavy atom. The Bertz CT molecular complexity index is 396. The molecule has 2 atom stereocenters. The lowest BCUT2D eigenvalue weighted by atomic mass is 9.99. The van der Waals surface area contributed by atoms with Crippen LogP contribution in [0.25, 0.3) is 0 Å². The van der Waals surface area contributed by atoms with Crippen LogP contribution in [-0.4, -0.2) is 66.4 Å². The van der Waals surface area contributed by atoms with Crippen molar-refractivity contribution < 1.29 is 9.59 Å². The largest absolute Gasteiger partial charge is 0.346 e. The van der Waals surface area contributed by atoms with Gasteiger partial charge in [-0.05, 0) is 25.3 Å². The SMILES string of the molecule is CC(C)[C@H](N)C(=O)NCC(=O)N1CCN2CCCCC2C1.Cl.Cl. The predicted octanol–water partition coefficient (Wildman–Crippen LogP) is 0.626. The van der Waals surface area contributed by atoms with E-state index >= 15 is 0 Å². The van der Waals surface area contributed by atoms with Gasteiger partial charge in [0.25, 0.3) is 0 Å². The second kappa shape index (κ2) is 10.3. The van der Waals surface area contributed by atoms with E-state index in [0.717, 1.165) is 26.2 Å². The van der Waals surface area contributed by atoms with E-state index in [-0.39, 0.29) is 49.1 Å². The number of fused-ring (bicyclic) bond motifs is 1. The maximum atomic E-state index is 12.2. The van der Waals surface area contributed by atoms with Crippen LogP contribution in [0.2, 0.25) is 0 Å². The molecular formula is C15H30Cl2N4O2. The summed E-state index contributed by atoms with van der Waals surface area (Å²) in [5.41, 5.74) is 5.77. The van der Waals surface area contributed by atoms with E-state index in [0.29, 0.717) is 6.04 Å². The maximum absolute atomic E-state index is 12.2. The first-order valence-electron chi connectivity index (χ1n) is 8.04. The molecule has 23 heavy (non-hydrogen) atoms. The Hall–Kier alpha value is -0.560. The molecule has 8 heteroatoms. The molecule has 0 aromatic carbocycles. The highest BCUT2D eigenvalue weighted by molar-refractivity contribution is 5.87. The number of amides is 2. The Morgan fingerprint density at radius 2 is 1.87 bits per heavy atom. The van der Waals surface area contributed by atoms with Crippen LogP contribution in [0.5, 0.6) is 0 Å². The first kappa shape index (κ1) is 22.4. The van der Waals surface area contributed by atoms with E-state index in [1.54, 1.807) is 0 Å². The number of hydrogen-bond acceptors (Lipinski definition) is 4. The fourth-order valence-corrected chi connectivity index (χ4v) is 3.08. The standard InChI is InChI=1S/C15H28N4O2.2ClH/c1-11(2)14(16)15(21)17-9-13(20)19-8-7-18-6-4-3-5-12(18)10-19;;/h11-12,14H,3-10,16H2,1-2H3,(H,17,21);2*1H/t12?,14-;;/m0../s1. The van der Waals surface area contributed by atoms with E-state index in [1.165, 1.54) is 19.3 Å². The lowest BCUT2D eigenvalue weighted by molar-refractivity contribution is -0.136. The van der Waals surface area contributed by atoms with E-state index in [9.17, 15) is 9.59 Å². The Morgan fingerprint density at radius 1 is 1.17 bits per heavy atom. The molecule has 2 rings (SSSR count). The number of nitrogens with two attached hydrogens (primary N) is 1. The summed E-state index contributed by atoms with van der Waals surface area (Å²) < 4.78 is 0. The van der Waals surface area contributed by atoms with Crippen molar-refractivity contribution in [2.45, 2.75) is 45.2 Å². The van der Waals surface area contributed by atoms with E-state index in [2.05, 4.69) is 10.2 Å². The lowest BCUT2D eigenvalue weighted by Gasteiger charge is -2.44. The van der Waals surface area contributed by atoms with Crippen molar-refractivity contribution in [3.8, 4) is 0 Å². The summed E-state index contributed by atoms with van der Waals surface area (Å²) in [6, 6.07) is -0.0435. The van der Waals surface area contributed by atoms with Crippen molar-refractivity contribution in [2.24, 2.45) is 11.7 Å². The summed E-state index contributed by atoms with van der Waals surface area (Å²) in [5, 5.41) is 2.66. The fourth-order valence-electron chi connectivity index (χ4n) is 3.08. The topological polar surface area (TPSA) is 78.7 Å². The molecule has 2 saturated heterocycles. The van der Waals surface area contributed by atoms with Gasteiger partial charge in [0.05, 0.1) is 12.6 Å². The first-order valence-corrected chi connectivity index (χ1v) is 8.04. The van der Waals surface area contributed by atoms with Crippen LogP contribution in [0.1, 0.15) is 33.1 Å². The van der Waals surface area contributed by atoms with Crippen LogP contribution >= 0.6 is 24.8 Å². The van der Waals surface area contributed by atoms with Crippen LogP contribution < -0.4 is 11.1 Å². The van der Waals surface area contributed by atoms with Crippen molar-refractivity contribution in [3.05, 3.63) is 0 Å². The molecule has 0 saturated carbocycles. The minimum atomic E-state index is -0.548. The molecule has 0 spiro atoms. The molecule has 2 fully saturated rings. The monoisotopic (exact) mass is 368 g/mol. The molecule has 0 aromatic rings. The number of piperidine rings is 1. The number of carbonyl (C=O) groups is 2. The minimum absolute atomic E-state index is 0. The molecule has 2 heterocycles. The van der Waals surface area contributed by atoms with E-state index in [4.69, 9.17) is 5.73 Å². The van der Waals surface area contributed by atoms with Gasteiger partial charge in [0.15, 0.2) is 0 Å². The fraction of sp³-hybridized carbons (Fsp3) is 0.867. The number of hydrogen-bond donors (Lipinski definition) is 2. The summed E-state index contributed by atoms with van der Waals surface area (Å²) in [4.78, 5) is 28.4. The summed E-state index contributed by atoms with van der Waals surface area (Å²) in [6.07, 6.45) is 3.70. The molecule has 2 aliphatic rings. The molecule has 0 aliphatic carbocycles. The van der Waals surface area contributed by atoms with Gasteiger partial charge in [-0.1, -0.05) is 20.3 Å². The number of halogens is 2. The Kier molecular flexibility index (Phi) is 10.1. The molecule has 2 aliphatic heterocycles. The van der Waals surface area contributed by atoms with Gasteiger partial charge in [0.2, 0.25) is 11.8 Å². The molecule has 0 bridgehead atoms. The average Bonchev–Trinajstić information content (AvgIpc) is 2.50. The van der Waals surface area contributed by atoms with Crippen LogP contribution in [-0.2, 0) is 9.59 Å². The maximum Gasteiger partial charge on any atom is 0.242 e. The van der Waals surface area contributed by atoms with Crippen LogP contribution in [0.4, 0.5) is 0 Å². The Balaban J connectivity index is 0.00000242. The van der Waals surface area contributed by atoms with E-state index < -0.39 is 6.04 Å². The van der Waals surface area contributed by atoms with Gasteiger partial charge in [-0.3, -0.25) is 14.5 Å². The molecule has 2 amide bonds. The van der Waals surface area contributed by atoms with Gasteiger partial charge >= 0.3 is 0 Å². The van der Waals surface area contributed by atoms with Crippen molar-refractivity contribution in [1.82, 2.24) is 15.1 Å². The van der Waals surface area contributed by atoms with Crippen molar-refractivity contribution in [1.29, 1.82) is 0 Å². The number of nitrogens with zero attached hydrogens (tertiary/aromatic N) is 2. The normalized spacial score (nSPS) is 22.4. The molecule has 1 unspecified atom stereocenters. The van der Waals surface area contributed by atoms with Gasteiger partial charge in [-0.25, -0.2) is 0 Å². The van der Waals surface area contributed by atoms with Crippen LogP contribution in [0.3, 0.4) is 0 Å². The average molecular weight is 369 g/mol. The smallest absolute Gasteiger partial charge is 0.242 e. The molecule has 6 nitrogen and oxygen atoms in total. The van der Waals surface area contributed by atoms with Gasteiger partial charge in [-0.2, -0.15) is 0 Å². The van der Waals surface area contributed by atoms with Crippen LogP contribution in [0, 0.1) is 5.92 Å². The van der Waals surface area contributed by atoms with E-state index in [1.807, 2.05) is 18.7 Å². The molecule has 136 valence electrons. The summed E-state index contributed by atoms with van der Waals surface area (Å²) >= 11 is 0. The molecule has 0 aromatic heterocycles. The molecule has 3 N–H and O–H groups in total. The summed E-state index contributed by atoms with van der Waals surface area (Å²) in [5.74, 6) is -0.162. The third kappa shape index (κ3) is 6.10. The molecular weight excluding hydrogens is 339 g/mol. The number of rotatable bonds is 4. The highest BCUT2D eigenvalue weighted by Gasteiger charge is 2.31. The number of nitrogens with one attached hydrogen (secondary N) is 1. The zero-order chi connectivity index (χ0) is 15.4. The second-order valence-electron chi connectivity index (χ2n) is 6.51. The first-order chi connectivity index (χ1) is 9.99. The summed E-state index contributed by atoms with van der Waals surface area (Å²) in [7, 11) is 0. The second-order valence-corrected chi connectivity index (χ2v) is 6.51. The quantitative estimate of drug-likeness (QED) is 0.762. The number of carbonyl (C=O) groups excluding carboxylic acids is 2. The third-order valence-corrected chi connectivity index (χ3v) is 4.62. The zero-order valence-corrected chi connectivity index (χ0v) is 15.6. The van der Waals surface area contributed by atoms with Crippen LogP contribution in [0.15, 0.2) is 0 Å². The number of piperazine rings is 1. The van der Waals surface area contributed by atoms with Crippen molar-refractivity contribution in [2.75, 3.05) is 32.7 Å². The Labute approximate surface area is 151 Å². The highest BCUT2D eigenvalue weighted by atomic mass is 35.5. The highest BCUT2D eigenvalue weighted by Crippen LogP contribution is 2.20. The molecule has 0 radical (unpaired) electrons. The summed E-state index contributed by atoms with van der Waals surface area (Å²) in [6.45, 7) is 7.53. The van der Waals surface area contributed by atoms with Gasteiger partial charge in [0, 0.05) is 25.7 Å². The third-order valence-electron chi connectivity index (χ3n) is 4.62. The predicted molar refractivity (Wildman–Crippen MR) is 96.1 cm³/mol. The van der Waals surface area contributed by atoms with Gasteiger partial charge in [-0.15, -0.1) is 24.8 Å². The van der Waals surface area contributed by atoms with Crippen molar-refractivity contribution >= 4 is 36.6 Å². The van der Waals surface area contributed by atoms with Gasteiger partial charge < -0.3 is 16.0 Å². The van der Waals surface area contributed by atoms with Gasteiger partial charge in [0.1, 0.15) is 0 Å². The minimum Gasteiger partial charge on any atom is -0.346 e. The van der Waals surface area contributed by atoms with Crippen molar-refractivity contribution in [3.63, 3.8) is 0 Å².